The van der Waals surface area contributed by atoms with Crippen LogP contribution in [-0.4, -0.2) is 11.9 Å². The number of rotatable bonds is 3. The first-order valence-electron chi connectivity index (χ1n) is 3.30. The van der Waals surface area contributed by atoms with Crippen molar-refractivity contribution in [1.82, 2.24) is 0 Å². The maximum Gasteiger partial charge on any atom is 0.288 e. The zero-order valence-corrected chi connectivity index (χ0v) is 6.09. The summed E-state index contributed by atoms with van der Waals surface area (Å²) in [6.45, 7) is 3.57. The molecular formula is C7H13BO. The van der Waals surface area contributed by atoms with Crippen LogP contribution in [0.25, 0.3) is 0 Å². The molecule has 1 N–H and O–H groups in total. The highest BCUT2D eigenvalue weighted by molar-refractivity contribution is 6.50. The van der Waals surface area contributed by atoms with Gasteiger partial charge in [0.2, 0.25) is 0 Å². The van der Waals surface area contributed by atoms with Crippen molar-refractivity contribution in [2.45, 2.75) is 32.4 Å². The molecule has 0 saturated heterocycles. The molecular weight excluding hydrogens is 111 g/mol. The van der Waals surface area contributed by atoms with E-state index in [1.165, 1.54) is 0 Å². The highest BCUT2D eigenvalue weighted by Gasteiger charge is 2.11. The van der Waals surface area contributed by atoms with Crippen LogP contribution in [0.5, 0.6) is 0 Å². The van der Waals surface area contributed by atoms with Crippen molar-refractivity contribution in [3.63, 3.8) is 0 Å². The molecule has 9 heavy (non-hydrogen) atoms. The van der Waals surface area contributed by atoms with Crippen molar-refractivity contribution in [3.8, 4) is 12.3 Å². The van der Waals surface area contributed by atoms with E-state index >= 15 is 0 Å². The van der Waals surface area contributed by atoms with E-state index in [0.717, 1.165) is 12.8 Å². The zero-order chi connectivity index (χ0) is 7.28. The van der Waals surface area contributed by atoms with Crippen molar-refractivity contribution in [2.24, 2.45) is 0 Å². The van der Waals surface area contributed by atoms with Gasteiger partial charge in [-0.2, -0.15) is 0 Å². The van der Waals surface area contributed by atoms with Crippen molar-refractivity contribution < 1.29 is 5.02 Å². The van der Waals surface area contributed by atoms with Crippen LogP contribution in [0.3, 0.4) is 0 Å². The van der Waals surface area contributed by atoms with Crippen LogP contribution in [0.2, 0.25) is 12.6 Å². The molecule has 0 amide bonds. The Morgan fingerprint density at radius 1 is 1.78 bits per heavy atom. The predicted octanol–water partition coefficient (Wildman–Crippen LogP) is 1.40. The molecule has 0 saturated carbocycles. The third-order valence-electron chi connectivity index (χ3n) is 1.57. The molecule has 2 heteroatoms. The number of terminal acetylenes is 1. The van der Waals surface area contributed by atoms with Crippen molar-refractivity contribution in [2.75, 3.05) is 0 Å². The quantitative estimate of drug-likeness (QED) is 0.445. The van der Waals surface area contributed by atoms with Crippen LogP contribution < -0.4 is 0 Å². The van der Waals surface area contributed by atoms with Crippen LogP contribution in [0.1, 0.15) is 19.8 Å². The third kappa shape index (κ3) is 4.11. The van der Waals surface area contributed by atoms with Gasteiger partial charge >= 0.3 is 0 Å². The fourth-order valence-electron chi connectivity index (χ4n) is 0.552. The SMILES string of the molecule is C#CCCC(C)B(C)O. The van der Waals surface area contributed by atoms with Gasteiger partial charge in [-0.1, -0.05) is 13.7 Å². The minimum atomic E-state index is -0.224. The lowest BCUT2D eigenvalue weighted by Crippen LogP contribution is -2.12. The summed E-state index contributed by atoms with van der Waals surface area (Å²) in [6.07, 6.45) is 6.74. The van der Waals surface area contributed by atoms with Crippen molar-refractivity contribution in [3.05, 3.63) is 0 Å². The van der Waals surface area contributed by atoms with Gasteiger partial charge in [0, 0.05) is 6.42 Å². The summed E-state index contributed by atoms with van der Waals surface area (Å²) < 4.78 is 0. The van der Waals surface area contributed by atoms with Gasteiger partial charge < -0.3 is 5.02 Å². The molecule has 0 aliphatic rings. The summed E-state index contributed by atoms with van der Waals surface area (Å²) in [7, 11) is 0. The monoisotopic (exact) mass is 124 g/mol. The van der Waals surface area contributed by atoms with Gasteiger partial charge in [0.15, 0.2) is 0 Å². The van der Waals surface area contributed by atoms with Gasteiger partial charge in [-0.25, -0.2) is 0 Å². The standard InChI is InChI=1S/C7H13BO/c1-4-5-6-7(2)8(3)9/h1,7,9H,5-6H2,2-3H3. The summed E-state index contributed by atoms with van der Waals surface area (Å²) in [5.74, 6) is 2.88. The molecule has 1 atom stereocenters. The number of hydrogen-bond donors (Lipinski definition) is 1. The van der Waals surface area contributed by atoms with E-state index in [1.54, 1.807) is 6.82 Å². The molecule has 0 aliphatic carbocycles. The second-order valence-corrected chi connectivity index (χ2v) is 2.46. The van der Waals surface area contributed by atoms with Gasteiger partial charge in [0.25, 0.3) is 6.92 Å². The third-order valence-corrected chi connectivity index (χ3v) is 1.57. The van der Waals surface area contributed by atoms with E-state index < -0.39 is 0 Å². The van der Waals surface area contributed by atoms with E-state index in [4.69, 9.17) is 11.4 Å². The Balaban J connectivity index is 3.29. The Labute approximate surface area is 57.6 Å². The van der Waals surface area contributed by atoms with Crippen molar-refractivity contribution in [1.29, 1.82) is 0 Å². The molecule has 0 heterocycles. The molecule has 0 bridgehead atoms. The Morgan fingerprint density at radius 3 is 2.67 bits per heavy atom. The molecule has 50 valence electrons. The Kier molecular flexibility index (Phi) is 4.26. The molecule has 1 nitrogen and oxygen atoms in total. The van der Waals surface area contributed by atoms with Gasteiger partial charge in [-0.3, -0.25) is 0 Å². The first-order chi connectivity index (χ1) is 4.18. The fourth-order valence-corrected chi connectivity index (χ4v) is 0.552. The van der Waals surface area contributed by atoms with Crippen molar-refractivity contribution >= 4 is 6.92 Å². The van der Waals surface area contributed by atoms with Crippen LogP contribution in [0.15, 0.2) is 0 Å². The summed E-state index contributed by atoms with van der Waals surface area (Å²) in [4.78, 5) is 0. The Morgan fingerprint density at radius 2 is 2.33 bits per heavy atom. The molecule has 0 aromatic carbocycles. The topological polar surface area (TPSA) is 20.2 Å². The molecule has 0 fully saturated rings. The van der Waals surface area contributed by atoms with E-state index in [2.05, 4.69) is 5.92 Å². The van der Waals surface area contributed by atoms with Gasteiger partial charge in [-0.05, 0) is 12.2 Å². The minimum absolute atomic E-state index is 0.224. The maximum atomic E-state index is 8.98. The summed E-state index contributed by atoms with van der Waals surface area (Å²) in [5, 5.41) is 8.98. The molecule has 0 spiro atoms. The normalized spacial score (nSPS) is 12.2. The van der Waals surface area contributed by atoms with E-state index in [1.807, 2.05) is 6.92 Å². The summed E-state index contributed by atoms with van der Waals surface area (Å²) in [5.41, 5.74) is 0. The molecule has 0 rings (SSSR count). The van der Waals surface area contributed by atoms with Crippen LogP contribution >= 0.6 is 0 Å². The second-order valence-electron chi connectivity index (χ2n) is 2.46. The first kappa shape index (κ1) is 8.58. The van der Waals surface area contributed by atoms with E-state index in [0.29, 0.717) is 5.82 Å². The van der Waals surface area contributed by atoms with Gasteiger partial charge in [0.05, 0.1) is 0 Å². The fraction of sp³-hybridized carbons (Fsp3) is 0.714. The Bertz CT molecular complexity index is 104. The largest absolute Gasteiger partial charge is 0.450 e. The highest BCUT2D eigenvalue weighted by atomic mass is 16.2. The van der Waals surface area contributed by atoms with Crippen LogP contribution in [0, 0.1) is 12.3 Å². The van der Waals surface area contributed by atoms with E-state index in [-0.39, 0.29) is 6.92 Å². The molecule has 0 aliphatic heterocycles. The minimum Gasteiger partial charge on any atom is -0.450 e. The second kappa shape index (κ2) is 4.46. The smallest absolute Gasteiger partial charge is 0.288 e. The average Bonchev–Trinajstić information content (AvgIpc) is 1.82. The average molecular weight is 124 g/mol. The summed E-state index contributed by atoms with van der Waals surface area (Å²) in [6, 6.07) is 0. The molecule has 0 radical (unpaired) electrons. The number of hydrogen-bond acceptors (Lipinski definition) is 1. The van der Waals surface area contributed by atoms with Gasteiger partial charge in [0.1, 0.15) is 0 Å². The summed E-state index contributed by atoms with van der Waals surface area (Å²) >= 11 is 0. The zero-order valence-electron chi connectivity index (χ0n) is 6.09. The maximum absolute atomic E-state index is 8.98. The van der Waals surface area contributed by atoms with E-state index in [9.17, 15) is 0 Å². The lowest BCUT2D eigenvalue weighted by molar-refractivity contribution is 0.548. The highest BCUT2D eigenvalue weighted by Crippen LogP contribution is 2.13. The predicted molar refractivity (Wildman–Crippen MR) is 41.3 cm³/mol. The lowest BCUT2D eigenvalue weighted by atomic mass is 9.58. The molecule has 1 unspecified atom stereocenters. The molecule has 0 aromatic heterocycles. The molecule has 0 aromatic rings. The Hall–Kier alpha value is -0.415. The van der Waals surface area contributed by atoms with Crippen LogP contribution in [0.4, 0.5) is 0 Å². The first-order valence-corrected chi connectivity index (χ1v) is 3.30. The lowest BCUT2D eigenvalue weighted by Gasteiger charge is -2.07. The van der Waals surface area contributed by atoms with Crippen LogP contribution in [-0.2, 0) is 0 Å². The van der Waals surface area contributed by atoms with Gasteiger partial charge in [-0.15, -0.1) is 12.3 Å².